The molecule has 0 saturated carbocycles. The molecular formula is C19H24N6O. The summed E-state index contributed by atoms with van der Waals surface area (Å²) in [6.45, 7) is 2.60. The van der Waals surface area contributed by atoms with E-state index >= 15 is 0 Å². The van der Waals surface area contributed by atoms with Gasteiger partial charge in [-0.05, 0) is 50.4 Å². The zero-order chi connectivity index (χ0) is 17.8. The first-order chi connectivity index (χ1) is 12.8. The van der Waals surface area contributed by atoms with E-state index in [-0.39, 0.29) is 5.91 Å². The van der Waals surface area contributed by atoms with E-state index in [2.05, 4.69) is 44.3 Å². The van der Waals surface area contributed by atoms with E-state index in [0.29, 0.717) is 18.3 Å². The first-order valence-corrected chi connectivity index (χ1v) is 9.27. The average Bonchev–Trinajstić information content (AvgIpc) is 3.33. The molecule has 0 atom stereocenters. The number of rotatable bonds is 6. The number of H-pyrrole nitrogens is 1. The molecule has 1 amide bonds. The van der Waals surface area contributed by atoms with Gasteiger partial charge in [-0.3, -0.25) is 4.79 Å². The van der Waals surface area contributed by atoms with E-state index in [1.807, 2.05) is 16.8 Å². The molecule has 0 bridgehead atoms. The highest BCUT2D eigenvalue weighted by Gasteiger charge is 2.18. The molecule has 3 heterocycles. The number of aromatic nitrogens is 4. The zero-order valence-corrected chi connectivity index (χ0v) is 14.7. The molecule has 136 valence electrons. The van der Waals surface area contributed by atoms with Crippen molar-refractivity contribution < 1.29 is 4.79 Å². The Morgan fingerprint density at radius 3 is 3.00 bits per heavy atom. The van der Waals surface area contributed by atoms with E-state index < -0.39 is 0 Å². The first-order valence-electron chi connectivity index (χ1n) is 9.27. The monoisotopic (exact) mass is 352 g/mol. The molecule has 0 radical (unpaired) electrons. The van der Waals surface area contributed by atoms with Crippen LogP contribution in [0.3, 0.4) is 0 Å². The van der Waals surface area contributed by atoms with Crippen LogP contribution in [-0.2, 0) is 6.42 Å². The number of fused-ring (bicyclic) bond motifs is 1. The molecule has 26 heavy (non-hydrogen) atoms. The number of piperidine rings is 1. The molecular weight excluding hydrogens is 328 g/mol. The van der Waals surface area contributed by atoms with Crippen molar-refractivity contribution in [2.24, 2.45) is 0 Å². The molecule has 4 rings (SSSR count). The minimum atomic E-state index is -0.149. The van der Waals surface area contributed by atoms with Gasteiger partial charge < -0.3 is 15.6 Å². The van der Waals surface area contributed by atoms with Crippen molar-refractivity contribution >= 4 is 16.8 Å². The lowest BCUT2D eigenvalue weighted by atomic mass is 10.1. The van der Waals surface area contributed by atoms with Gasteiger partial charge >= 0.3 is 0 Å². The number of nitrogens with one attached hydrogen (secondary N) is 3. The van der Waals surface area contributed by atoms with Gasteiger partial charge in [-0.15, -0.1) is 5.10 Å². The number of nitrogens with zero attached hydrogens (tertiary/aromatic N) is 3. The number of hydrogen-bond acceptors (Lipinski definition) is 4. The van der Waals surface area contributed by atoms with Crippen molar-refractivity contribution in [3.63, 3.8) is 0 Å². The fourth-order valence-corrected chi connectivity index (χ4v) is 3.54. The molecule has 0 unspecified atom stereocenters. The Bertz CT molecular complexity index is 877. The van der Waals surface area contributed by atoms with Gasteiger partial charge in [0.25, 0.3) is 5.91 Å². The van der Waals surface area contributed by atoms with Gasteiger partial charge in [0.2, 0.25) is 0 Å². The number of carbonyl (C=O) groups is 1. The molecule has 3 aromatic rings. The lowest BCUT2D eigenvalue weighted by molar-refractivity contribution is 0.0948. The van der Waals surface area contributed by atoms with Crippen LogP contribution in [0.1, 0.15) is 41.4 Å². The topological polar surface area (TPSA) is 87.6 Å². The summed E-state index contributed by atoms with van der Waals surface area (Å²) in [5.41, 5.74) is 2.84. The van der Waals surface area contributed by atoms with Gasteiger partial charge in [0.05, 0.1) is 12.2 Å². The summed E-state index contributed by atoms with van der Waals surface area (Å²) in [6, 6.07) is 8.62. The van der Waals surface area contributed by atoms with Crippen LogP contribution < -0.4 is 10.6 Å². The van der Waals surface area contributed by atoms with Gasteiger partial charge in [0.15, 0.2) is 5.69 Å². The fourth-order valence-electron chi connectivity index (χ4n) is 3.54. The first kappa shape index (κ1) is 16.8. The second-order valence-corrected chi connectivity index (χ2v) is 6.78. The molecule has 1 saturated heterocycles. The SMILES string of the molecule is O=C(NCCCc1c[nH]c2ccccc12)c1cn(C2CCNCC2)nn1. The minimum absolute atomic E-state index is 0.149. The number of benzene rings is 1. The number of para-hydroxylation sites is 1. The molecule has 0 spiro atoms. The number of amides is 1. The summed E-state index contributed by atoms with van der Waals surface area (Å²) >= 11 is 0. The maximum atomic E-state index is 12.3. The normalized spacial score (nSPS) is 15.4. The Hall–Kier alpha value is -2.67. The predicted molar refractivity (Wildman–Crippen MR) is 100 cm³/mol. The summed E-state index contributed by atoms with van der Waals surface area (Å²) in [6.07, 6.45) is 7.67. The van der Waals surface area contributed by atoms with Gasteiger partial charge in [-0.25, -0.2) is 4.68 Å². The Morgan fingerprint density at radius 2 is 2.12 bits per heavy atom. The molecule has 1 aliphatic rings. The van der Waals surface area contributed by atoms with E-state index in [1.165, 1.54) is 10.9 Å². The number of hydrogen-bond donors (Lipinski definition) is 3. The maximum absolute atomic E-state index is 12.3. The maximum Gasteiger partial charge on any atom is 0.273 e. The second-order valence-electron chi connectivity index (χ2n) is 6.78. The smallest absolute Gasteiger partial charge is 0.273 e. The molecule has 2 aromatic heterocycles. The third-order valence-electron chi connectivity index (χ3n) is 5.01. The van der Waals surface area contributed by atoms with Gasteiger partial charge in [0.1, 0.15) is 0 Å². The molecule has 7 heteroatoms. The molecule has 1 aromatic carbocycles. The van der Waals surface area contributed by atoms with Gasteiger partial charge in [-0.1, -0.05) is 23.4 Å². The van der Waals surface area contributed by atoms with Crippen LogP contribution in [0, 0.1) is 0 Å². The Morgan fingerprint density at radius 1 is 1.27 bits per heavy atom. The van der Waals surface area contributed by atoms with Crippen molar-refractivity contribution in [2.45, 2.75) is 31.7 Å². The van der Waals surface area contributed by atoms with E-state index in [9.17, 15) is 4.79 Å². The predicted octanol–water partition coefficient (Wildman–Crippen LogP) is 2.05. The quantitative estimate of drug-likeness (QED) is 0.593. The van der Waals surface area contributed by atoms with Crippen LogP contribution >= 0.6 is 0 Å². The largest absolute Gasteiger partial charge is 0.361 e. The van der Waals surface area contributed by atoms with Crippen LogP contribution in [0.2, 0.25) is 0 Å². The highest BCUT2D eigenvalue weighted by atomic mass is 16.2. The average molecular weight is 352 g/mol. The third kappa shape index (κ3) is 3.62. The summed E-state index contributed by atoms with van der Waals surface area (Å²) in [5, 5.41) is 15.7. The summed E-state index contributed by atoms with van der Waals surface area (Å²) < 4.78 is 1.84. The lowest BCUT2D eigenvalue weighted by Gasteiger charge is -2.22. The lowest BCUT2D eigenvalue weighted by Crippen LogP contribution is -2.29. The van der Waals surface area contributed by atoms with Gasteiger partial charge in [0, 0.05) is 23.6 Å². The molecule has 3 N–H and O–H groups in total. The van der Waals surface area contributed by atoms with E-state index in [1.54, 1.807) is 6.20 Å². The van der Waals surface area contributed by atoms with Crippen LogP contribution in [0.15, 0.2) is 36.7 Å². The van der Waals surface area contributed by atoms with Crippen LogP contribution in [0.5, 0.6) is 0 Å². The standard InChI is InChI=1S/C19H24N6O/c26-19(18-13-25(24-23-18)15-7-10-20-11-8-15)21-9-3-4-14-12-22-17-6-2-1-5-16(14)17/h1-2,5-6,12-13,15,20,22H,3-4,7-11H2,(H,21,26). The molecule has 0 aliphatic carbocycles. The van der Waals surface area contributed by atoms with Crippen molar-refractivity contribution in [1.82, 2.24) is 30.6 Å². The minimum Gasteiger partial charge on any atom is -0.361 e. The van der Waals surface area contributed by atoms with Crippen LogP contribution in [0.4, 0.5) is 0 Å². The van der Waals surface area contributed by atoms with Crippen LogP contribution in [0.25, 0.3) is 10.9 Å². The summed E-state index contributed by atoms with van der Waals surface area (Å²) in [5.74, 6) is -0.149. The Balaban J connectivity index is 1.27. The van der Waals surface area contributed by atoms with Crippen LogP contribution in [-0.4, -0.2) is 45.5 Å². The fraction of sp³-hybridized carbons (Fsp3) is 0.421. The number of carbonyl (C=O) groups excluding carboxylic acids is 1. The Labute approximate surface area is 152 Å². The number of aryl methyl sites for hydroxylation is 1. The van der Waals surface area contributed by atoms with Crippen molar-refractivity contribution in [1.29, 1.82) is 0 Å². The van der Waals surface area contributed by atoms with Crippen molar-refractivity contribution in [2.75, 3.05) is 19.6 Å². The van der Waals surface area contributed by atoms with E-state index in [0.717, 1.165) is 44.3 Å². The molecule has 7 nitrogen and oxygen atoms in total. The summed E-state index contributed by atoms with van der Waals surface area (Å²) in [4.78, 5) is 15.6. The highest BCUT2D eigenvalue weighted by Crippen LogP contribution is 2.19. The number of aromatic amines is 1. The van der Waals surface area contributed by atoms with E-state index in [4.69, 9.17) is 0 Å². The van der Waals surface area contributed by atoms with Crippen molar-refractivity contribution in [3.8, 4) is 0 Å². The summed E-state index contributed by atoms with van der Waals surface area (Å²) in [7, 11) is 0. The Kier molecular flexibility index (Phi) is 4.97. The zero-order valence-electron chi connectivity index (χ0n) is 14.7. The van der Waals surface area contributed by atoms with Gasteiger partial charge in [-0.2, -0.15) is 0 Å². The third-order valence-corrected chi connectivity index (χ3v) is 5.01. The highest BCUT2D eigenvalue weighted by molar-refractivity contribution is 5.91. The molecule has 1 fully saturated rings. The molecule has 1 aliphatic heterocycles. The van der Waals surface area contributed by atoms with Crippen molar-refractivity contribution in [3.05, 3.63) is 47.9 Å². The second kappa shape index (κ2) is 7.70.